The van der Waals surface area contributed by atoms with Crippen molar-refractivity contribution in [3.05, 3.63) is 46.6 Å². The van der Waals surface area contributed by atoms with Crippen LogP contribution in [0.2, 0.25) is 0 Å². The van der Waals surface area contributed by atoms with Crippen LogP contribution < -0.4 is 15.0 Å². The average Bonchev–Trinajstić information content (AvgIpc) is 2.84. The van der Waals surface area contributed by atoms with Crippen molar-refractivity contribution in [3.63, 3.8) is 0 Å². The molecule has 2 aliphatic heterocycles. The number of hydrogen-bond acceptors (Lipinski definition) is 5. The number of ether oxygens (including phenoxy) is 1. The Morgan fingerprint density at radius 2 is 1.77 bits per heavy atom. The van der Waals surface area contributed by atoms with Gasteiger partial charge in [0.2, 0.25) is 0 Å². The van der Waals surface area contributed by atoms with E-state index in [2.05, 4.69) is 44.5 Å². The molecule has 1 aromatic carbocycles. The second kappa shape index (κ2) is 5.57. The van der Waals surface area contributed by atoms with Gasteiger partial charge in [0, 0.05) is 31.6 Å². The number of nitrogens with one attached hydrogen (secondary N) is 1. The Bertz CT molecular complexity index is 676. The molecule has 2 aromatic rings. The molecule has 114 valence electrons. The van der Waals surface area contributed by atoms with E-state index in [1.54, 1.807) is 7.11 Å². The van der Waals surface area contributed by atoms with Gasteiger partial charge in [0.25, 0.3) is 0 Å². The van der Waals surface area contributed by atoms with Crippen molar-refractivity contribution < 1.29 is 4.74 Å². The zero-order valence-corrected chi connectivity index (χ0v) is 12.8. The Morgan fingerprint density at radius 1 is 1.05 bits per heavy atom. The van der Waals surface area contributed by atoms with E-state index < -0.39 is 0 Å². The molecule has 2 aliphatic rings. The molecule has 0 saturated heterocycles. The molecule has 5 heteroatoms. The lowest BCUT2D eigenvalue weighted by Gasteiger charge is -2.21. The fourth-order valence-corrected chi connectivity index (χ4v) is 3.34. The van der Waals surface area contributed by atoms with Gasteiger partial charge in [-0.1, -0.05) is 24.3 Å². The summed E-state index contributed by atoms with van der Waals surface area (Å²) >= 11 is 0. The van der Waals surface area contributed by atoms with Crippen molar-refractivity contribution >= 4 is 5.82 Å². The zero-order valence-electron chi connectivity index (χ0n) is 12.8. The van der Waals surface area contributed by atoms with Crippen LogP contribution in [-0.4, -0.2) is 30.2 Å². The van der Waals surface area contributed by atoms with Crippen LogP contribution in [0, 0.1) is 0 Å². The first-order valence-electron chi connectivity index (χ1n) is 7.81. The maximum Gasteiger partial charge on any atom is 0.318 e. The quantitative estimate of drug-likeness (QED) is 0.914. The van der Waals surface area contributed by atoms with Gasteiger partial charge in [0.15, 0.2) is 0 Å². The molecule has 0 fully saturated rings. The topological polar surface area (TPSA) is 50.3 Å². The minimum atomic E-state index is 0.478. The second-order valence-electron chi connectivity index (χ2n) is 5.83. The molecule has 1 N–H and O–H groups in total. The van der Waals surface area contributed by atoms with Gasteiger partial charge in [-0.25, -0.2) is 0 Å². The van der Waals surface area contributed by atoms with Crippen LogP contribution in [0.5, 0.6) is 6.01 Å². The van der Waals surface area contributed by atoms with Crippen molar-refractivity contribution in [1.82, 2.24) is 15.3 Å². The molecular weight excluding hydrogens is 276 g/mol. The number of benzene rings is 1. The third-order valence-corrected chi connectivity index (χ3v) is 4.46. The number of aromatic nitrogens is 2. The highest BCUT2D eigenvalue weighted by atomic mass is 16.5. The number of fused-ring (bicyclic) bond motifs is 2. The van der Waals surface area contributed by atoms with Gasteiger partial charge in [-0.15, -0.1) is 0 Å². The molecule has 5 nitrogen and oxygen atoms in total. The maximum absolute atomic E-state index is 5.33. The Morgan fingerprint density at radius 3 is 2.50 bits per heavy atom. The Hall–Kier alpha value is -2.14. The predicted molar refractivity (Wildman–Crippen MR) is 85.2 cm³/mol. The summed E-state index contributed by atoms with van der Waals surface area (Å²) in [5, 5.41) is 3.44. The van der Waals surface area contributed by atoms with Crippen LogP contribution in [-0.2, 0) is 25.9 Å². The summed E-state index contributed by atoms with van der Waals surface area (Å²) in [6, 6.07) is 9.09. The first kappa shape index (κ1) is 13.5. The third kappa shape index (κ3) is 2.31. The predicted octanol–water partition coefficient (Wildman–Crippen LogP) is 1.69. The highest BCUT2D eigenvalue weighted by Gasteiger charge is 2.25. The van der Waals surface area contributed by atoms with Gasteiger partial charge < -0.3 is 15.0 Å². The van der Waals surface area contributed by atoms with E-state index in [-0.39, 0.29) is 0 Å². The molecule has 0 atom stereocenters. The largest absolute Gasteiger partial charge is 0.467 e. The highest BCUT2D eigenvalue weighted by Crippen LogP contribution is 2.32. The molecule has 0 unspecified atom stereocenters. The Labute approximate surface area is 130 Å². The molecule has 0 bridgehead atoms. The lowest BCUT2D eigenvalue weighted by Crippen LogP contribution is -2.20. The van der Waals surface area contributed by atoms with Crippen LogP contribution in [0.15, 0.2) is 24.3 Å². The van der Waals surface area contributed by atoms with Crippen LogP contribution in [0.25, 0.3) is 0 Å². The molecule has 0 saturated carbocycles. The Balaban J connectivity index is 1.75. The molecule has 0 radical (unpaired) electrons. The van der Waals surface area contributed by atoms with Crippen molar-refractivity contribution in [2.75, 3.05) is 25.1 Å². The Kier molecular flexibility index (Phi) is 3.42. The van der Waals surface area contributed by atoms with Crippen LogP contribution >= 0.6 is 0 Å². The van der Waals surface area contributed by atoms with Crippen LogP contribution in [0.4, 0.5) is 5.82 Å². The first-order chi connectivity index (χ1) is 10.8. The van der Waals surface area contributed by atoms with E-state index in [0.29, 0.717) is 6.01 Å². The van der Waals surface area contributed by atoms with E-state index in [9.17, 15) is 0 Å². The summed E-state index contributed by atoms with van der Waals surface area (Å²) in [5.74, 6) is 1.04. The van der Waals surface area contributed by atoms with Crippen molar-refractivity contribution in [3.8, 4) is 6.01 Å². The number of methoxy groups -OCH3 is 1. The van der Waals surface area contributed by atoms with E-state index >= 15 is 0 Å². The minimum Gasteiger partial charge on any atom is -0.467 e. The van der Waals surface area contributed by atoms with Crippen LogP contribution in [0.3, 0.4) is 0 Å². The summed E-state index contributed by atoms with van der Waals surface area (Å²) in [6.45, 7) is 3.77. The molecular formula is C17H20N4O. The molecule has 0 spiro atoms. The molecule has 1 aromatic heterocycles. The van der Waals surface area contributed by atoms with E-state index in [1.807, 2.05) is 0 Å². The molecule has 4 rings (SSSR count). The normalized spacial score (nSPS) is 16.9. The molecule has 0 amide bonds. The average molecular weight is 296 g/mol. The summed E-state index contributed by atoms with van der Waals surface area (Å²) in [6.07, 6.45) is 1.91. The van der Waals surface area contributed by atoms with E-state index in [4.69, 9.17) is 4.74 Å². The van der Waals surface area contributed by atoms with E-state index in [0.717, 1.165) is 50.5 Å². The summed E-state index contributed by atoms with van der Waals surface area (Å²) < 4.78 is 5.33. The summed E-state index contributed by atoms with van der Waals surface area (Å²) in [5.41, 5.74) is 5.18. The number of nitrogens with zero attached hydrogens (tertiary/aromatic N) is 3. The van der Waals surface area contributed by atoms with Crippen molar-refractivity contribution in [2.24, 2.45) is 0 Å². The van der Waals surface area contributed by atoms with Gasteiger partial charge in [-0.3, -0.25) is 0 Å². The lowest BCUT2D eigenvalue weighted by atomic mass is 10.1. The highest BCUT2D eigenvalue weighted by molar-refractivity contribution is 5.54. The standard InChI is InChI=1S/C17H20N4O/c1-22-17-19-15-7-9-18-8-6-14(15)16(20-17)21-10-12-4-2-3-5-13(12)11-21/h2-5,18H,6-11H2,1H3. The number of anilines is 1. The monoisotopic (exact) mass is 296 g/mol. The van der Waals surface area contributed by atoms with Crippen molar-refractivity contribution in [1.29, 1.82) is 0 Å². The summed E-state index contributed by atoms with van der Waals surface area (Å²) in [7, 11) is 1.64. The van der Waals surface area contributed by atoms with Gasteiger partial charge >= 0.3 is 6.01 Å². The fourth-order valence-electron chi connectivity index (χ4n) is 3.34. The SMILES string of the molecule is COc1nc2c(c(N3Cc4ccccc4C3)n1)CCNCC2. The zero-order chi connectivity index (χ0) is 14.9. The molecule has 0 aliphatic carbocycles. The van der Waals surface area contributed by atoms with Gasteiger partial charge in [0.1, 0.15) is 5.82 Å². The fraction of sp³-hybridized carbons (Fsp3) is 0.412. The second-order valence-corrected chi connectivity index (χ2v) is 5.83. The van der Waals surface area contributed by atoms with Crippen LogP contribution in [0.1, 0.15) is 22.4 Å². The number of hydrogen-bond donors (Lipinski definition) is 1. The lowest BCUT2D eigenvalue weighted by molar-refractivity contribution is 0.377. The van der Waals surface area contributed by atoms with Crippen molar-refractivity contribution in [2.45, 2.75) is 25.9 Å². The maximum atomic E-state index is 5.33. The molecule has 3 heterocycles. The van der Waals surface area contributed by atoms with Gasteiger partial charge in [-0.05, 0) is 24.1 Å². The minimum absolute atomic E-state index is 0.478. The smallest absolute Gasteiger partial charge is 0.318 e. The first-order valence-corrected chi connectivity index (χ1v) is 7.81. The van der Waals surface area contributed by atoms with Gasteiger partial charge in [0.05, 0.1) is 12.8 Å². The van der Waals surface area contributed by atoms with E-state index in [1.165, 1.54) is 16.7 Å². The third-order valence-electron chi connectivity index (χ3n) is 4.46. The molecule has 22 heavy (non-hydrogen) atoms. The summed E-state index contributed by atoms with van der Waals surface area (Å²) in [4.78, 5) is 11.6. The number of rotatable bonds is 2. The van der Waals surface area contributed by atoms with Gasteiger partial charge in [-0.2, -0.15) is 9.97 Å².